The zero-order chi connectivity index (χ0) is 42.7. The molecule has 1 aliphatic rings. The Balaban J connectivity index is 1.06. The van der Waals surface area contributed by atoms with Crippen LogP contribution in [0.1, 0.15) is 52.8 Å². The van der Waals surface area contributed by atoms with Gasteiger partial charge in [0.15, 0.2) is 0 Å². The highest BCUT2D eigenvalue weighted by molar-refractivity contribution is 7.77. The van der Waals surface area contributed by atoms with Crippen LogP contribution in [0.25, 0.3) is 23.3 Å². The third-order valence-corrected chi connectivity index (χ3v) is 14.6. The summed E-state index contributed by atoms with van der Waals surface area (Å²) in [6.45, 7) is 11.8. The van der Waals surface area contributed by atoms with E-state index in [1.807, 2.05) is 48.5 Å². The van der Waals surface area contributed by atoms with Crippen LogP contribution in [0.3, 0.4) is 0 Å². The minimum Gasteiger partial charge on any atom is -0.311 e. The molecule has 61 heavy (non-hydrogen) atoms. The second-order valence-electron chi connectivity index (χ2n) is 17.3. The molecule has 0 heterocycles. The molecular formula is C55H51N4SSi+. The predicted octanol–water partition coefficient (Wildman–Crippen LogP) is 13.4. The number of hydrogen-bond acceptors (Lipinski definition) is 4. The van der Waals surface area contributed by atoms with Crippen LogP contribution in [0.5, 0.6) is 0 Å². The van der Waals surface area contributed by atoms with Gasteiger partial charge in [0.2, 0.25) is 0 Å². The van der Waals surface area contributed by atoms with Gasteiger partial charge in [0.1, 0.15) is 5.75 Å². The van der Waals surface area contributed by atoms with Crippen LogP contribution in [-0.4, -0.2) is 20.1 Å². The highest BCUT2D eigenvalue weighted by atomic mass is 32.2. The summed E-state index contributed by atoms with van der Waals surface area (Å²) < 4.78 is 0. The first-order valence-electron chi connectivity index (χ1n) is 20.9. The highest BCUT2D eigenvalue weighted by Crippen LogP contribution is 2.51. The van der Waals surface area contributed by atoms with Crippen molar-refractivity contribution in [3.63, 3.8) is 0 Å². The van der Waals surface area contributed by atoms with Crippen molar-refractivity contribution in [1.29, 1.82) is 10.5 Å². The molecule has 4 nitrogen and oxygen atoms in total. The molecule has 0 bridgehead atoms. The van der Waals surface area contributed by atoms with Gasteiger partial charge in [0, 0.05) is 46.0 Å². The Kier molecular flexibility index (Phi) is 11.6. The maximum absolute atomic E-state index is 9.52. The van der Waals surface area contributed by atoms with Gasteiger partial charge < -0.3 is 9.80 Å². The number of fused-ring (bicyclic) bond motifs is 3. The van der Waals surface area contributed by atoms with Gasteiger partial charge in [-0.05, 0) is 148 Å². The Morgan fingerprint density at radius 3 is 1.44 bits per heavy atom. The normalized spacial score (nSPS) is 12.7. The average molecular weight is 828 g/mol. The van der Waals surface area contributed by atoms with E-state index in [-0.39, 0.29) is 5.41 Å². The van der Waals surface area contributed by atoms with Gasteiger partial charge in [-0.2, -0.15) is 10.5 Å². The molecule has 0 aromatic heterocycles. The van der Waals surface area contributed by atoms with Crippen LogP contribution in [0, 0.1) is 22.7 Å². The molecule has 0 fully saturated rings. The highest BCUT2D eigenvalue weighted by Gasteiger charge is 2.36. The van der Waals surface area contributed by atoms with E-state index in [4.69, 9.17) is 0 Å². The fourth-order valence-electron chi connectivity index (χ4n) is 8.34. The quantitative estimate of drug-likeness (QED) is 0.0533. The third-order valence-electron chi connectivity index (χ3n) is 11.9. The van der Waals surface area contributed by atoms with Crippen LogP contribution in [0.2, 0.25) is 19.6 Å². The fraction of sp³-hybridized carbons (Fsp3) is 0.164. The molecule has 0 spiro atoms. The van der Waals surface area contributed by atoms with Gasteiger partial charge in [-0.1, -0.05) is 111 Å². The topological polar surface area (TPSA) is 54.1 Å². The summed E-state index contributed by atoms with van der Waals surface area (Å²) in [5.41, 5.74) is 16.2. The van der Waals surface area contributed by atoms with E-state index in [9.17, 15) is 10.5 Å². The second kappa shape index (κ2) is 17.2. The fourth-order valence-corrected chi connectivity index (χ4v) is 9.99. The van der Waals surface area contributed by atoms with Gasteiger partial charge in [-0.3, -0.25) is 0 Å². The summed E-state index contributed by atoms with van der Waals surface area (Å²) in [6, 6.07) is 60.5. The largest absolute Gasteiger partial charge is 0.311 e. The van der Waals surface area contributed by atoms with Crippen LogP contribution in [0.15, 0.2) is 158 Å². The van der Waals surface area contributed by atoms with Gasteiger partial charge in [-0.25, -0.2) is 0 Å². The zero-order valence-electron chi connectivity index (χ0n) is 35.8. The lowest BCUT2D eigenvalue weighted by Gasteiger charge is -2.28. The van der Waals surface area contributed by atoms with Gasteiger partial charge >= 0.3 is 0 Å². The standard InChI is InChI=1S/C55H50N4SSi/c1-55(2)53-35-41(8-7-39-9-18-44(19-10-39)58(45-22-13-42(37-56)14-23-45)48-26-29-50(30-27-48)61(4,5)6)17-31-51(53)52-32-28-49(36-54(52)55)59(47-24-15-43(38-57)16-25-47)46-20-11-40(12-21-46)33-34-60-3/h7-32,35-36H,33-34H2,1-6H3/p+1/b8-7+. The molecule has 0 unspecified atom stereocenters. The maximum Gasteiger partial charge on any atom is 0.109 e. The molecule has 0 saturated heterocycles. The number of anilines is 6. The van der Waals surface area contributed by atoms with Crippen molar-refractivity contribution in [2.75, 3.05) is 21.8 Å². The van der Waals surface area contributed by atoms with Crippen LogP contribution < -0.4 is 15.0 Å². The Morgan fingerprint density at radius 2 is 0.934 bits per heavy atom. The lowest BCUT2D eigenvalue weighted by Crippen LogP contribution is -2.37. The van der Waals surface area contributed by atoms with Crippen molar-refractivity contribution < 1.29 is 0 Å². The number of rotatable bonds is 12. The molecule has 8 rings (SSSR count). The summed E-state index contributed by atoms with van der Waals surface area (Å²) in [7, 11) is -1.45. The summed E-state index contributed by atoms with van der Waals surface area (Å²) in [4.78, 5) is 4.55. The molecule has 0 N–H and O–H groups in total. The molecule has 1 aliphatic carbocycles. The van der Waals surface area contributed by atoms with Crippen LogP contribution >= 0.6 is 0 Å². The van der Waals surface area contributed by atoms with Gasteiger partial charge in [0.25, 0.3) is 0 Å². The maximum atomic E-state index is 9.52. The Bertz CT molecular complexity index is 2790. The van der Waals surface area contributed by atoms with E-state index in [1.54, 1.807) is 0 Å². The molecule has 6 heteroatoms. The number of benzene rings is 7. The molecule has 7 aromatic carbocycles. The number of nitriles is 2. The van der Waals surface area contributed by atoms with Gasteiger partial charge in [-0.15, -0.1) is 0 Å². The summed E-state index contributed by atoms with van der Waals surface area (Å²) >= 11 is 1.41. The summed E-state index contributed by atoms with van der Waals surface area (Å²) in [5, 5.41) is 20.4. The van der Waals surface area contributed by atoms with Crippen LogP contribution in [0.4, 0.5) is 34.1 Å². The number of nitrogens with zero attached hydrogens (tertiary/aromatic N) is 4. The Morgan fingerprint density at radius 1 is 0.525 bits per heavy atom. The van der Waals surface area contributed by atoms with E-state index < -0.39 is 8.07 Å². The van der Waals surface area contributed by atoms with E-state index in [0.717, 1.165) is 57.4 Å². The minimum absolute atomic E-state index is 0.214. The Hall–Kier alpha value is -6.57. The number of thiol groups is 1. The van der Waals surface area contributed by atoms with Gasteiger partial charge in [0.05, 0.1) is 37.6 Å². The predicted molar refractivity (Wildman–Crippen MR) is 264 cm³/mol. The first-order valence-corrected chi connectivity index (χ1v) is 25.9. The van der Waals surface area contributed by atoms with Crippen molar-refractivity contribution in [1.82, 2.24) is 0 Å². The Labute approximate surface area is 367 Å². The van der Waals surface area contributed by atoms with Crippen molar-refractivity contribution in [2.45, 2.75) is 45.3 Å². The second-order valence-corrected chi connectivity index (χ2v) is 23.5. The van der Waals surface area contributed by atoms with E-state index in [2.05, 4.69) is 183 Å². The minimum atomic E-state index is -1.45. The third kappa shape index (κ3) is 8.57. The van der Waals surface area contributed by atoms with Crippen molar-refractivity contribution >= 4 is 71.3 Å². The van der Waals surface area contributed by atoms with E-state index >= 15 is 0 Å². The lowest BCUT2D eigenvalue weighted by atomic mass is 9.81. The van der Waals surface area contributed by atoms with Crippen molar-refractivity contribution in [2.24, 2.45) is 0 Å². The number of aryl methyl sites for hydroxylation is 1. The molecule has 7 aromatic rings. The molecule has 0 saturated carbocycles. The molecule has 0 atom stereocenters. The van der Waals surface area contributed by atoms with E-state index in [1.165, 1.54) is 44.8 Å². The molecule has 0 amide bonds. The SMILES string of the molecule is C[SH+]CCc1ccc(N(c2ccc(C#N)cc2)c2ccc3c(c2)C(C)(C)c2cc(/C=C/c4ccc(N(c5ccc(C#N)cc5)c5ccc([Si](C)(C)C)cc5)cc4)ccc2-3)cc1. The summed E-state index contributed by atoms with van der Waals surface area (Å²) in [6.07, 6.45) is 7.67. The molecule has 300 valence electrons. The molecule has 0 radical (unpaired) electrons. The zero-order valence-corrected chi connectivity index (χ0v) is 37.7. The summed E-state index contributed by atoms with van der Waals surface area (Å²) in [5.74, 6) is 1.15. The molecular weight excluding hydrogens is 777 g/mol. The monoisotopic (exact) mass is 827 g/mol. The number of hydrogen-bond donors (Lipinski definition) is 0. The van der Waals surface area contributed by atoms with Crippen molar-refractivity contribution in [3.8, 4) is 23.3 Å². The molecule has 0 aliphatic heterocycles. The first kappa shape index (κ1) is 41.2. The van der Waals surface area contributed by atoms with E-state index in [0.29, 0.717) is 11.1 Å². The van der Waals surface area contributed by atoms with Crippen LogP contribution in [-0.2, 0) is 23.6 Å². The smallest absolute Gasteiger partial charge is 0.109 e. The average Bonchev–Trinajstić information content (AvgIpc) is 3.51. The van der Waals surface area contributed by atoms with Crippen molar-refractivity contribution in [3.05, 3.63) is 197 Å². The first-order chi connectivity index (χ1) is 29.5. The lowest BCUT2D eigenvalue weighted by molar-refractivity contribution is 0.660.